The van der Waals surface area contributed by atoms with Gasteiger partial charge in [0.15, 0.2) is 0 Å². The lowest BCUT2D eigenvalue weighted by atomic mass is 9.78. The van der Waals surface area contributed by atoms with Crippen molar-refractivity contribution in [2.75, 3.05) is 0 Å². The number of hydrogen-bond donors (Lipinski definition) is 2. The predicted molar refractivity (Wildman–Crippen MR) is 91.2 cm³/mol. The number of aliphatic hydroxyl groups is 1. The first-order chi connectivity index (χ1) is 10.8. The van der Waals surface area contributed by atoms with E-state index in [0.717, 1.165) is 28.0 Å². The molecule has 0 spiro atoms. The third kappa shape index (κ3) is 2.31. The van der Waals surface area contributed by atoms with Crippen LogP contribution in [0.1, 0.15) is 53.1 Å². The summed E-state index contributed by atoms with van der Waals surface area (Å²) in [4.78, 5) is 0. The molecule has 3 heteroatoms. The Hall–Kier alpha value is -2.00. The predicted octanol–water partition coefficient (Wildman–Crippen LogP) is 4.11. The van der Waals surface area contributed by atoms with Crippen LogP contribution < -0.4 is 4.74 Å². The van der Waals surface area contributed by atoms with Gasteiger partial charge in [0.2, 0.25) is 0 Å². The first kappa shape index (κ1) is 15.9. The number of hydrogen-bond acceptors (Lipinski definition) is 3. The Balaban J connectivity index is 2.23. The molecule has 1 atom stereocenters. The fourth-order valence-electron chi connectivity index (χ4n) is 3.67. The van der Waals surface area contributed by atoms with Crippen molar-refractivity contribution < 1.29 is 14.9 Å². The smallest absolute Gasteiger partial charge is 0.131 e. The summed E-state index contributed by atoms with van der Waals surface area (Å²) in [6.07, 6.45) is 0. The molecule has 1 heterocycles. The van der Waals surface area contributed by atoms with Gasteiger partial charge in [-0.25, -0.2) is 0 Å². The molecule has 1 unspecified atom stereocenters. The highest BCUT2D eigenvalue weighted by Gasteiger charge is 2.44. The number of phenolic OH excluding ortho intramolecular Hbond substituents is 1. The van der Waals surface area contributed by atoms with Gasteiger partial charge in [-0.05, 0) is 56.9 Å². The molecule has 0 amide bonds. The molecule has 23 heavy (non-hydrogen) atoms. The molecule has 0 fully saturated rings. The van der Waals surface area contributed by atoms with Crippen LogP contribution in [0, 0.1) is 20.8 Å². The van der Waals surface area contributed by atoms with E-state index in [1.54, 1.807) is 0 Å². The summed E-state index contributed by atoms with van der Waals surface area (Å²) in [7, 11) is 0. The molecule has 0 bridgehead atoms. The zero-order valence-electron chi connectivity index (χ0n) is 14.4. The van der Waals surface area contributed by atoms with E-state index in [1.165, 1.54) is 11.1 Å². The monoisotopic (exact) mass is 312 g/mol. The van der Waals surface area contributed by atoms with Gasteiger partial charge in [0.05, 0.1) is 12.5 Å². The summed E-state index contributed by atoms with van der Waals surface area (Å²) < 4.78 is 6.26. The summed E-state index contributed by atoms with van der Waals surface area (Å²) in [5.41, 5.74) is 5.66. The summed E-state index contributed by atoms with van der Waals surface area (Å²) in [5, 5.41) is 19.6. The normalized spacial score (nSPS) is 18.6. The first-order valence-corrected chi connectivity index (χ1v) is 7.99. The quantitative estimate of drug-likeness (QED) is 0.877. The molecule has 0 saturated heterocycles. The largest absolute Gasteiger partial charge is 0.507 e. The van der Waals surface area contributed by atoms with Crippen molar-refractivity contribution in [3.63, 3.8) is 0 Å². The van der Waals surface area contributed by atoms with Crippen LogP contribution in [0.3, 0.4) is 0 Å². The van der Waals surface area contributed by atoms with E-state index >= 15 is 0 Å². The van der Waals surface area contributed by atoms with Gasteiger partial charge >= 0.3 is 0 Å². The van der Waals surface area contributed by atoms with Crippen LogP contribution in [0.4, 0.5) is 0 Å². The summed E-state index contributed by atoms with van der Waals surface area (Å²) in [6.45, 7) is 10.1. The van der Waals surface area contributed by atoms with Gasteiger partial charge in [-0.2, -0.15) is 0 Å². The maximum absolute atomic E-state index is 10.3. The van der Waals surface area contributed by atoms with E-state index in [9.17, 15) is 10.2 Å². The maximum atomic E-state index is 10.3. The average molecular weight is 312 g/mol. The van der Waals surface area contributed by atoms with Crippen LogP contribution in [-0.4, -0.2) is 15.8 Å². The van der Waals surface area contributed by atoms with Crippen LogP contribution >= 0.6 is 0 Å². The minimum absolute atomic E-state index is 0.0482. The van der Waals surface area contributed by atoms with E-state index in [0.29, 0.717) is 5.75 Å². The molecular formula is C20H24O3. The molecule has 2 aromatic rings. The topological polar surface area (TPSA) is 49.7 Å². The van der Waals surface area contributed by atoms with Crippen molar-refractivity contribution in [1.29, 1.82) is 0 Å². The van der Waals surface area contributed by atoms with E-state index in [2.05, 4.69) is 26.0 Å². The third-order valence-corrected chi connectivity index (χ3v) is 5.11. The summed E-state index contributed by atoms with van der Waals surface area (Å²) in [5.74, 6) is 1.24. The van der Waals surface area contributed by atoms with Crippen molar-refractivity contribution in [3.05, 3.63) is 57.6 Å². The molecule has 2 N–H and O–H groups in total. The SMILES string of the molecule is Cc1c(C)c2c(c(C)c1O)OC(C)(C)C2c1ccc(CO)cc1. The molecule has 3 rings (SSSR count). The number of aliphatic hydroxyl groups excluding tert-OH is 1. The molecule has 0 aliphatic carbocycles. The van der Waals surface area contributed by atoms with Gasteiger partial charge in [-0.1, -0.05) is 24.3 Å². The van der Waals surface area contributed by atoms with E-state index in [4.69, 9.17) is 4.74 Å². The number of aromatic hydroxyl groups is 1. The Labute approximate surface area is 137 Å². The average Bonchev–Trinajstić information content (AvgIpc) is 2.82. The Morgan fingerprint density at radius 2 is 1.61 bits per heavy atom. The molecule has 1 aliphatic heterocycles. The lowest BCUT2D eigenvalue weighted by Crippen LogP contribution is -2.31. The van der Waals surface area contributed by atoms with Crippen LogP contribution in [0.2, 0.25) is 0 Å². The standard InChI is InChI=1S/C20H24O3/c1-11-12(2)18(22)13(3)19-16(11)17(20(4,5)23-19)15-8-6-14(10-21)7-9-15/h6-9,17,21-22H,10H2,1-5H3. The van der Waals surface area contributed by atoms with Crippen molar-refractivity contribution in [2.45, 2.75) is 52.7 Å². The molecular weight excluding hydrogens is 288 g/mol. The van der Waals surface area contributed by atoms with Crippen LogP contribution in [0.25, 0.3) is 0 Å². The van der Waals surface area contributed by atoms with Gasteiger partial charge in [-0.15, -0.1) is 0 Å². The number of ether oxygens (including phenoxy) is 1. The van der Waals surface area contributed by atoms with Gasteiger partial charge in [0.1, 0.15) is 17.1 Å². The molecule has 0 saturated carbocycles. The number of rotatable bonds is 2. The fourth-order valence-corrected chi connectivity index (χ4v) is 3.67. The van der Waals surface area contributed by atoms with Crippen LogP contribution in [0.15, 0.2) is 24.3 Å². The second-order valence-electron chi connectivity index (χ2n) is 7.00. The maximum Gasteiger partial charge on any atom is 0.131 e. The van der Waals surface area contributed by atoms with Crippen molar-refractivity contribution in [2.24, 2.45) is 0 Å². The lowest BCUT2D eigenvalue weighted by molar-refractivity contribution is 0.121. The Morgan fingerprint density at radius 1 is 1.00 bits per heavy atom. The number of fused-ring (bicyclic) bond motifs is 1. The van der Waals surface area contributed by atoms with E-state index in [-0.39, 0.29) is 12.5 Å². The Kier molecular flexibility index (Phi) is 3.64. The molecule has 1 aliphatic rings. The second-order valence-corrected chi connectivity index (χ2v) is 7.00. The zero-order chi connectivity index (χ0) is 16.9. The highest BCUT2D eigenvalue weighted by Crippen LogP contribution is 2.53. The molecule has 122 valence electrons. The first-order valence-electron chi connectivity index (χ1n) is 7.99. The highest BCUT2D eigenvalue weighted by atomic mass is 16.5. The molecule has 0 aromatic heterocycles. The third-order valence-electron chi connectivity index (χ3n) is 5.11. The molecule has 2 aromatic carbocycles. The molecule has 3 nitrogen and oxygen atoms in total. The molecule has 0 radical (unpaired) electrons. The highest BCUT2D eigenvalue weighted by molar-refractivity contribution is 5.63. The van der Waals surface area contributed by atoms with Gasteiger partial charge in [-0.3, -0.25) is 0 Å². The summed E-state index contributed by atoms with van der Waals surface area (Å²) >= 11 is 0. The van der Waals surface area contributed by atoms with Crippen LogP contribution in [0.5, 0.6) is 11.5 Å². The second kappa shape index (κ2) is 5.27. The number of benzene rings is 2. The zero-order valence-corrected chi connectivity index (χ0v) is 14.4. The Morgan fingerprint density at radius 3 is 2.17 bits per heavy atom. The van der Waals surface area contributed by atoms with Crippen LogP contribution in [-0.2, 0) is 6.61 Å². The fraction of sp³-hybridized carbons (Fsp3) is 0.400. The minimum atomic E-state index is -0.390. The summed E-state index contributed by atoms with van der Waals surface area (Å²) in [6, 6.07) is 8.04. The van der Waals surface area contributed by atoms with Crippen molar-refractivity contribution in [3.8, 4) is 11.5 Å². The lowest BCUT2D eigenvalue weighted by Gasteiger charge is -2.27. The van der Waals surface area contributed by atoms with Gasteiger partial charge in [0.25, 0.3) is 0 Å². The van der Waals surface area contributed by atoms with Gasteiger partial charge in [0, 0.05) is 11.1 Å². The minimum Gasteiger partial charge on any atom is -0.507 e. The number of phenols is 1. The Bertz CT molecular complexity index is 758. The van der Waals surface area contributed by atoms with Gasteiger partial charge < -0.3 is 14.9 Å². The van der Waals surface area contributed by atoms with E-state index < -0.39 is 5.60 Å². The van der Waals surface area contributed by atoms with E-state index in [1.807, 2.05) is 32.9 Å². The van der Waals surface area contributed by atoms with Crippen molar-refractivity contribution in [1.82, 2.24) is 0 Å². The van der Waals surface area contributed by atoms with Crippen molar-refractivity contribution >= 4 is 0 Å².